The van der Waals surface area contributed by atoms with Crippen molar-refractivity contribution >= 4 is 11.9 Å². The fourth-order valence-corrected chi connectivity index (χ4v) is 2.74. The summed E-state index contributed by atoms with van der Waals surface area (Å²) in [5.74, 6) is -0.0919. The van der Waals surface area contributed by atoms with Gasteiger partial charge in [-0.15, -0.1) is 0 Å². The van der Waals surface area contributed by atoms with Crippen molar-refractivity contribution < 1.29 is 14.3 Å². The molecule has 4 nitrogen and oxygen atoms in total. The molecule has 2 aromatic rings. The maximum absolute atomic E-state index is 12.0. The van der Waals surface area contributed by atoms with Gasteiger partial charge < -0.3 is 10.1 Å². The zero-order chi connectivity index (χ0) is 18.9. The first-order valence-electron chi connectivity index (χ1n) is 9.01. The predicted octanol–water partition coefficient (Wildman–Crippen LogP) is 3.85. The number of benzene rings is 2. The normalized spacial score (nSPS) is 11.8. The average molecular weight is 353 g/mol. The highest BCUT2D eigenvalue weighted by Crippen LogP contribution is 2.15. The first-order chi connectivity index (χ1) is 12.4. The number of ether oxygens (including phenoxy) is 1. The first kappa shape index (κ1) is 19.7. The van der Waals surface area contributed by atoms with Gasteiger partial charge in [-0.25, -0.2) is 0 Å². The summed E-state index contributed by atoms with van der Waals surface area (Å²) in [4.78, 5) is 23.8. The molecule has 0 unspecified atom stereocenters. The van der Waals surface area contributed by atoms with E-state index < -0.39 is 5.97 Å². The summed E-state index contributed by atoms with van der Waals surface area (Å²) < 4.78 is 5.06. The third-order valence-corrected chi connectivity index (χ3v) is 4.06. The molecule has 1 amide bonds. The number of hydrogen-bond donors (Lipinski definition) is 1. The summed E-state index contributed by atoms with van der Waals surface area (Å²) in [6, 6.07) is 17.4. The summed E-state index contributed by atoms with van der Waals surface area (Å²) in [5, 5.41) is 2.86. The summed E-state index contributed by atoms with van der Waals surface area (Å²) in [7, 11) is 0. The van der Waals surface area contributed by atoms with Crippen LogP contribution in [0.1, 0.15) is 43.5 Å². The molecule has 0 saturated heterocycles. The highest BCUT2D eigenvalue weighted by molar-refractivity contribution is 5.81. The Morgan fingerprint density at radius 1 is 0.923 bits per heavy atom. The van der Waals surface area contributed by atoms with Crippen molar-refractivity contribution in [3.63, 3.8) is 0 Å². The molecule has 26 heavy (non-hydrogen) atoms. The minimum Gasteiger partial charge on any atom is -0.455 e. The van der Waals surface area contributed by atoms with Gasteiger partial charge in [0.05, 0.1) is 12.5 Å². The Kier molecular flexibility index (Phi) is 7.39. The topological polar surface area (TPSA) is 55.4 Å². The van der Waals surface area contributed by atoms with E-state index in [-0.39, 0.29) is 25.0 Å². The molecule has 4 heteroatoms. The van der Waals surface area contributed by atoms with Gasteiger partial charge in [0.1, 0.15) is 0 Å². The Balaban J connectivity index is 1.77. The van der Waals surface area contributed by atoms with Gasteiger partial charge in [0, 0.05) is 0 Å². The maximum atomic E-state index is 12.0. The van der Waals surface area contributed by atoms with Crippen LogP contribution in [0.25, 0.3) is 0 Å². The fourth-order valence-electron chi connectivity index (χ4n) is 2.74. The number of hydrogen-bond acceptors (Lipinski definition) is 3. The monoisotopic (exact) mass is 353 g/mol. The highest BCUT2D eigenvalue weighted by Gasteiger charge is 2.12. The van der Waals surface area contributed by atoms with Gasteiger partial charge in [-0.2, -0.15) is 0 Å². The van der Waals surface area contributed by atoms with Gasteiger partial charge in [-0.3, -0.25) is 9.59 Å². The maximum Gasteiger partial charge on any atom is 0.310 e. The molecule has 0 fully saturated rings. The van der Waals surface area contributed by atoms with E-state index in [2.05, 4.69) is 31.3 Å². The lowest BCUT2D eigenvalue weighted by atomic mass is 10.00. The number of esters is 1. The summed E-state index contributed by atoms with van der Waals surface area (Å²) in [5.41, 5.74) is 3.19. The Morgan fingerprint density at radius 2 is 1.58 bits per heavy atom. The zero-order valence-electron chi connectivity index (χ0n) is 15.7. The van der Waals surface area contributed by atoms with Crippen LogP contribution in [0.4, 0.5) is 0 Å². The molecule has 0 aromatic heterocycles. The smallest absolute Gasteiger partial charge is 0.310 e. The minimum absolute atomic E-state index is 0.136. The van der Waals surface area contributed by atoms with Gasteiger partial charge >= 0.3 is 5.97 Å². The number of carbonyl (C=O) groups excluding carboxylic acids is 2. The largest absolute Gasteiger partial charge is 0.455 e. The van der Waals surface area contributed by atoms with E-state index in [4.69, 9.17) is 4.74 Å². The van der Waals surface area contributed by atoms with Crippen LogP contribution in [0.3, 0.4) is 0 Å². The van der Waals surface area contributed by atoms with Crippen molar-refractivity contribution in [2.24, 2.45) is 5.92 Å². The van der Waals surface area contributed by atoms with E-state index >= 15 is 0 Å². The lowest BCUT2D eigenvalue weighted by molar-refractivity contribution is -0.148. The molecule has 0 aliphatic rings. The third kappa shape index (κ3) is 6.71. The predicted molar refractivity (Wildman–Crippen MR) is 103 cm³/mol. The lowest BCUT2D eigenvalue weighted by Gasteiger charge is -2.15. The molecule has 2 rings (SSSR count). The van der Waals surface area contributed by atoms with E-state index in [1.54, 1.807) is 0 Å². The molecule has 0 spiro atoms. The van der Waals surface area contributed by atoms with Gasteiger partial charge in [0.25, 0.3) is 5.91 Å². The van der Waals surface area contributed by atoms with E-state index in [1.807, 2.05) is 49.4 Å². The van der Waals surface area contributed by atoms with Crippen LogP contribution >= 0.6 is 0 Å². The van der Waals surface area contributed by atoms with Crippen LogP contribution in [0.15, 0.2) is 54.6 Å². The van der Waals surface area contributed by atoms with Crippen LogP contribution in [0.2, 0.25) is 0 Å². The molecule has 0 aliphatic carbocycles. The number of rotatable bonds is 8. The summed E-state index contributed by atoms with van der Waals surface area (Å²) >= 11 is 0. The Morgan fingerprint density at radius 3 is 2.19 bits per heavy atom. The first-order valence-corrected chi connectivity index (χ1v) is 9.01. The van der Waals surface area contributed by atoms with Gasteiger partial charge in [0.2, 0.25) is 0 Å². The molecule has 2 aromatic carbocycles. The van der Waals surface area contributed by atoms with Crippen LogP contribution in [0, 0.1) is 5.92 Å². The average Bonchev–Trinajstić information content (AvgIpc) is 2.61. The standard InChI is InChI=1S/C22H27NO3/c1-16(2)13-19-9-11-20(12-10-19)17(3)23-21(24)15-26-22(25)14-18-7-5-4-6-8-18/h4-12,16-17H,13-15H2,1-3H3,(H,23,24)/t17-/m0/s1. The van der Waals surface area contributed by atoms with Crippen molar-refractivity contribution in [3.05, 3.63) is 71.3 Å². The van der Waals surface area contributed by atoms with E-state index in [0.717, 1.165) is 17.5 Å². The second-order valence-corrected chi connectivity index (χ2v) is 6.95. The van der Waals surface area contributed by atoms with Crippen LogP contribution in [-0.4, -0.2) is 18.5 Å². The molecule has 0 radical (unpaired) electrons. The SMILES string of the molecule is CC(C)Cc1ccc([C@H](C)NC(=O)COC(=O)Cc2ccccc2)cc1. The van der Waals surface area contributed by atoms with Crippen molar-refractivity contribution in [1.82, 2.24) is 5.32 Å². The van der Waals surface area contributed by atoms with Gasteiger partial charge in [0.15, 0.2) is 6.61 Å². The van der Waals surface area contributed by atoms with Crippen molar-refractivity contribution in [2.75, 3.05) is 6.61 Å². The molecule has 138 valence electrons. The second kappa shape index (κ2) is 9.76. The number of amides is 1. The Hall–Kier alpha value is -2.62. The van der Waals surface area contributed by atoms with Crippen molar-refractivity contribution in [3.8, 4) is 0 Å². The lowest BCUT2D eigenvalue weighted by Crippen LogP contribution is -2.31. The summed E-state index contributed by atoms with van der Waals surface area (Å²) in [6.45, 7) is 6.04. The van der Waals surface area contributed by atoms with Gasteiger partial charge in [-0.05, 0) is 36.0 Å². The van der Waals surface area contributed by atoms with Gasteiger partial charge in [-0.1, -0.05) is 68.4 Å². The molecule has 0 aliphatic heterocycles. The van der Waals surface area contributed by atoms with Crippen LogP contribution in [-0.2, 0) is 27.2 Å². The Labute approximate surface area is 155 Å². The second-order valence-electron chi connectivity index (χ2n) is 6.95. The highest BCUT2D eigenvalue weighted by atomic mass is 16.5. The summed E-state index contributed by atoms with van der Waals surface area (Å²) in [6.07, 6.45) is 1.21. The van der Waals surface area contributed by atoms with Crippen LogP contribution < -0.4 is 5.32 Å². The van der Waals surface area contributed by atoms with Crippen LogP contribution in [0.5, 0.6) is 0 Å². The third-order valence-electron chi connectivity index (χ3n) is 4.06. The van der Waals surface area contributed by atoms with E-state index in [0.29, 0.717) is 5.92 Å². The van der Waals surface area contributed by atoms with E-state index in [1.165, 1.54) is 5.56 Å². The molecular formula is C22H27NO3. The molecule has 1 N–H and O–H groups in total. The molecule has 0 bridgehead atoms. The van der Waals surface area contributed by atoms with Crippen molar-refractivity contribution in [1.29, 1.82) is 0 Å². The number of nitrogens with one attached hydrogen (secondary N) is 1. The molecule has 0 saturated carbocycles. The molecular weight excluding hydrogens is 326 g/mol. The minimum atomic E-state index is -0.406. The zero-order valence-corrected chi connectivity index (χ0v) is 15.7. The quantitative estimate of drug-likeness (QED) is 0.734. The fraction of sp³-hybridized carbons (Fsp3) is 0.364. The molecule has 0 heterocycles. The number of carbonyl (C=O) groups is 2. The molecule has 1 atom stereocenters. The Bertz CT molecular complexity index is 708. The van der Waals surface area contributed by atoms with Crippen molar-refractivity contribution in [2.45, 2.75) is 39.7 Å². The van der Waals surface area contributed by atoms with E-state index in [9.17, 15) is 9.59 Å².